The van der Waals surface area contributed by atoms with Crippen LogP contribution in [0.3, 0.4) is 0 Å². The smallest absolute Gasteiger partial charge is 0.255 e. The van der Waals surface area contributed by atoms with E-state index in [0.29, 0.717) is 18.7 Å². The molecule has 1 aliphatic heterocycles. The fourth-order valence-electron chi connectivity index (χ4n) is 3.41. The zero-order valence-electron chi connectivity index (χ0n) is 13.6. The Morgan fingerprint density at radius 1 is 1.36 bits per heavy atom. The first-order chi connectivity index (χ1) is 12.0. The van der Waals surface area contributed by atoms with Gasteiger partial charge in [-0.3, -0.25) is 9.78 Å². The lowest BCUT2D eigenvalue weighted by Gasteiger charge is -2.17. The highest BCUT2D eigenvalue weighted by Gasteiger charge is 2.31. The van der Waals surface area contributed by atoms with Gasteiger partial charge in [0.25, 0.3) is 5.91 Å². The van der Waals surface area contributed by atoms with Crippen molar-refractivity contribution in [1.29, 1.82) is 0 Å². The van der Waals surface area contributed by atoms with Crippen LogP contribution < -0.4 is 0 Å². The summed E-state index contributed by atoms with van der Waals surface area (Å²) < 4.78 is 15.2. The highest BCUT2D eigenvalue weighted by Crippen LogP contribution is 2.30. The number of amides is 1. The predicted octanol–water partition coefficient (Wildman–Crippen LogP) is 3.39. The molecule has 0 bridgehead atoms. The van der Waals surface area contributed by atoms with Crippen molar-refractivity contribution in [2.24, 2.45) is 7.05 Å². The van der Waals surface area contributed by atoms with Gasteiger partial charge in [-0.25, -0.2) is 9.37 Å². The summed E-state index contributed by atoms with van der Waals surface area (Å²) in [5, 5.41) is 0.141. The van der Waals surface area contributed by atoms with Crippen molar-refractivity contribution in [2.75, 3.05) is 13.1 Å². The number of rotatable bonds is 2. The van der Waals surface area contributed by atoms with Crippen LogP contribution in [0.15, 0.2) is 36.7 Å². The van der Waals surface area contributed by atoms with Gasteiger partial charge in [-0.1, -0.05) is 11.6 Å². The number of aryl methyl sites for hydroxylation is 1. The lowest BCUT2D eigenvalue weighted by Crippen LogP contribution is -2.29. The monoisotopic (exact) mass is 358 g/mol. The van der Waals surface area contributed by atoms with Gasteiger partial charge >= 0.3 is 0 Å². The number of imidazole rings is 1. The molecule has 4 rings (SSSR count). The summed E-state index contributed by atoms with van der Waals surface area (Å²) in [6.07, 6.45) is 4.34. The van der Waals surface area contributed by atoms with Crippen molar-refractivity contribution in [3.63, 3.8) is 0 Å². The van der Waals surface area contributed by atoms with Gasteiger partial charge in [0.2, 0.25) is 0 Å². The van der Waals surface area contributed by atoms with Crippen LogP contribution >= 0.6 is 11.6 Å². The number of likely N-dealkylation sites (tertiary alicyclic amines) is 1. The van der Waals surface area contributed by atoms with Gasteiger partial charge in [0, 0.05) is 32.3 Å². The van der Waals surface area contributed by atoms with Crippen molar-refractivity contribution in [3.05, 3.63) is 58.9 Å². The molecule has 5 nitrogen and oxygen atoms in total. The minimum atomic E-state index is -0.450. The van der Waals surface area contributed by atoms with Gasteiger partial charge in [0.05, 0.1) is 27.8 Å². The van der Waals surface area contributed by atoms with E-state index in [1.54, 1.807) is 17.3 Å². The largest absolute Gasteiger partial charge is 0.338 e. The fourth-order valence-corrected chi connectivity index (χ4v) is 3.66. The van der Waals surface area contributed by atoms with E-state index in [0.717, 1.165) is 23.3 Å². The Hall–Kier alpha value is -2.47. The van der Waals surface area contributed by atoms with E-state index in [1.165, 1.54) is 18.2 Å². The predicted molar refractivity (Wildman–Crippen MR) is 93.2 cm³/mol. The number of carbonyl (C=O) groups excluding carboxylic acids is 1. The van der Waals surface area contributed by atoms with E-state index in [-0.39, 0.29) is 16.8 Å². The molecule has 1 aliphatic rings. The molecular formula is C18H16ClFN4O. The highest BCUT2D eigenvalue weighted by molar-refractivity contribution is 6.33. The summed E-state index contributed by atoms with van der Waals surface area (Å²) in [5.74, 6) is 0.478. The summed E-state index contributed by atoms with van der Waals surface area (Å²) in [6.45, 7) is 1.19. The van der Waals surface area contributed by atoms with E-state index in [1.807, 2.05) is 17.7 Å². The maximum absolute atomic E-state index is 13.2. The zero-order valence-corrected chi connectivity index (χ0v) is 14.4. The molecule has 0 aliphatic carbocycles. The normalized spacial score (nSPS) is 17.4. The molecule has 1 fully saturated rings. The second-order valence-corrected chi connectivity index (χ2v) is 6.66. The number of pyridine rings is 1. The van der Waals surface area contributed by atoms with Gasteiger partial charge in [-0.05, 0) is 30.7 Å². The highest BCUT2D eigenvalue weighted by atomic mass is 35.5. The van der Waals surface area contributed by atoms with Crippen molar-refractivity contribution < 1.29 is 9.18 Å². The maximum Gasteiger partial charge on any atom is 0.255 e. The lowest BCUT2D eigenvalue weighted by molar-refractivity contribution is 0.0790. The van der Waals surface area contributed by atoms with Crippen molar-refractivity contribution in [3.8, 4) is 0 Å². The quantitative estimate of drug-likeness (QED) is 0.705. The number of aromatic nitrogens is 3. The third-order valence-corrected chi connectivity index (χ3v) is 5.03. The van der Waals surface area contributed by atoms with E-state index in [2.05, 4.69) is 4.98 Å². The van der Waals surface area contributed by atoms with E-state index >= 15 is 0 Å². The minimum Gasteiger partial charge on any atom is -0.338 e. The Labute approximate surface area is 149 Å². The molecule has 2 aromatic heterocycles. The third-order valence-electron chi connectivity index (χ3n) is 4.72. The summed E-state index contributed by atoms with van der Waals surface area (Å²) in [7, 11) is 1.97. The molecule has 1 amide bonds. The van der Waals surface area contributed by atoms with Gasteiger partial charge in [0.1, 0.15) is 11.6 Å². The Kier molecular flexibility index (Phi) is 3.92. The molecule has 1 saturated heterocycles. The molecule has 7 heteroatoms. The number of nitrogens with zero attached hydrogens (tertiary/aromatic N) is 4. The van der Waals surface area contributed by atoms with E-state index in [9.17, 15) is 9.18 Å². The molecule has 0 radical (unpaired) electrons. The molecule has 128 valence electrons. The van der Waals surface area contributed by atoms with Gasteiger partial charge in [0.15, 0.2) is 0 Å². The van der Waals surface area contributed by atoms with E-state index < -0.39 is 5.82 Å². The molecular weight excluding hydrogens is 343 g/mol. The second kappa shape index (κ2) is 6.11. The first-order valence-corrected chi connectivity index (χ1v) is 8.43. The van der Waals surface area contributed by atoms with E-state index in [4.69, 9.17) is 16.6 Å². The number of benzene rings is 1. The summed E-state index contributed by atoms with van der Waals surface area (Å²) in [4.78, 5) is 23.3. The summed E-state index contributed by atoms with van der Waals surface area (Å²) in [6, 6.07) is 5.75. The molecule has 1 unspecified atom stereocenters. The van der Waals surface area contributed by atoms with Gasteiger partial charge < -0.3 is 9.47 Å². The van der Waals surface area contributed by atoms with Crippen LogP contribution in [0.1, 0.15) is 28.5 Å². The number of halogens is 2. The summed E-state index contributed by atoms with van der Waals surface area (Å²) in [5.41, 5.74) is 2.21. The standard InChI is InChI=1S/C18H16ClFN4O/c1-23-16-9-21-6-4-15(16)22-17(23)11-5-7-24(10-11)18(25)13-3-2-12(20)8-14(13)19/h2-4,6,8-9,11H,5,7,10H2,1H3. The molecule has 25 heavy (non-hydrogen) atoms. The minimum absolute atomic E-state index is 0.141. The first-order valence-electron chi connectivity index (χ1n) is 8.05. The molecule has 0 saturated carbocycles. The molecule has 3 aromatic rings. The van der Waals surface area contributed by atoms with Crippen LogP contribution in [0.2, 0.25) is 5.02 Å². The van der Waals surface area contributed by atoms with Crippen LogP contribution in [0.25, 0.3) is 11.0 Å². The third kappa shape index (κ3) is 2.76. The topological polar surface area (TPSA) is 51.0 Å². The second-order valence-electron chi connectivity index (χ2n) is 6.25. The number of hydrogen-bond acceptors (Lipinski definition) is 3. The molecule has 0 spiro atoms. The zero-order chi connectivity index (χ0) is 17.6. The van der Waals surface area contributed by atoms with Crippen LogP contribution in [-0.4, -0.2) is 38.4 Å². The van der Waals surface area contributed by atoms with Crippen LogP contribution in [0.4, 0.5) is 4.39 Å². The molecule has 3 heterocycles. The molecule has 1 atom stereocenters. The number of hydrogen-bond donors (Lipinski definition) is 0. The Bertz CT molecular complexity index is 971. The average molecular weight is 359 g/mol. The van der Waals surface area contributed by atoms with Crippen LogP contribution in [0.5, 0.6) is 0 Å². The fraction of sp³-hybridized carbons (Fsp3) is 0.278. The van der Waals surface area contributed by atoms with Crippen LogP contribution in [0, 0.1) is 5.82 Å². The van der Waals surface area contributed by atoms with Gasteiger partial charge in [-0.2, -0.15) is 0 Å². The Morgan fingerprint density at radius 3 is 2.96 bits per heavy atom. The van der Waals surface area contributed by atoms with Crippen molar-refractivity contribution in [2.45, 2.75) is 12.3 Å². The van der Waals surface area contributed by atoms with Crippen molar-refractivity contribution in [1.82, 2.24) is 19.4 Å². The molecule has 1 aromatic carbocycles. The first kappa shape index (κ1) is 16.0. The Balaban J connectivity index is 1.58. The lowest BCUT2D eigenvalue weighted by atomic mass is 10.1. The summed E-state index contributed by atoms with van der Waals surface area (Å²) >= 11 is 6.02. The number of carbonyl (C=O) groups is 1. The van der Waals surface area contributed by atoms with Crippen molar-refractivity contribution >= 4 is 28.5 Å². The van der Waals surface area contributed by atoms with Gasteiger partial charge in [-0.15, -0.1) is 0 Å². The number of fused-ring (bicyclic) bond motifs is 1. The Morgan fingerprint density at radius 2 is 2.20 bits per heavy atom. The molecule has 0 N–H and O–H groups in total. The maximum atomic E-state index is 13.2. The van der Waals surface area contributed by atoms with Crippen LogP contribution in [-0.2, 0) is 7.05 Å². The SMILES string of the molecule is Cn1c(C2CCN(C(=O)c3ccc(F)cc3Cl)C2)nc2ccncc21. The average Bonchev–Trinajstić information content (AvgIpc) is 3.20.